The van der Waals surface area contributed by atoms with E-state index in [1.807, 2.05) is 17.0 Å². The zero-order chi connectivity index (χ0) is 20.6. The molecule has 2 aromatic rings. The Labute approximate surface area is 170 Å². The summed E-state index contributed by atoms with van der Waals surface area (Å²) in [5, 5.41) is 5.80. The third-order valence-electron chi connectivity index (χ3n) is 4.80. The molecule has 0 atom stereocenters. The van der Waals surface area contributed by atoms with Crippen molar-refractivity contribution in [2.24, 2.45) is 0 Å². The number of hydrogen-bond donors (Lipinski definition) is 2. The van der Waals surface area contributed by atoms with Crippen molar-refractivity contribution in [3.63, 3.8) is 0 Å². The third-order valence-corrected chi connectivity index (χ3v) is 4.80. The summed E-state index contributed by atoms with van der Waals surface area (Å²) < 4.78 is 4.65. The van der Waals surface area contributed by atoms with Crippen molar-refractivity contribution in [2.75, 3.05) is 37.4 Å². The zero-order valence-electron chi connectivity index (χ0n) is 16.4. The molecule has 0 aromatic heterocycles. The number of anilines is 2. The first-order chi connectivity index (χ1) is 14.1. The van der Waals surface area contributed by atoms with E-state index in [9.17, 15) is 14.4 Å². The SMILES string of the molecule is COC(=O)c1ccc(NC(=O)CNc2cccc(C(=O)N3CCCCC3)c2)cc1. The number of carbonyl (C=O) groups excluding carboxylic acids is 3. The maximum absolute atomic E-state index is 12.6. The molecule has 0 spiro atoms. The summed E-state index contributed by atoms with van der Waals surface area (Å²) in [6.45, 7) is 1.65. The standard InChI is InChI=1S/C22H25N3O4/c1-29-22(28)16-8-10-18(11-9-16)24-20(26)15-23-19-7-5-6-17(14-19)21(27)25-12-3-2-4-13-25/h5-11,14,23H,2-4,12-13,15H2,1H3,(H,24,26). The van der Waals surface area contributed by atoms with E-state index < -0.39 is 5.97 Å². The minimum atomic E-state index is -0.427. The monoisotopic (exact) mass is 395 g/mol. The van der Waals surface area contributed by atoms with Crippen molar-refractivity contribution >= 4 is 29.2 Å². The lowest BCUT2D eigenvalue weighted by molar-refractivity contribution is -0.114. The molecule has 2 amide bonds. The Hall–Kier alpha value is -3.35. The molecule has 0 aliphatic carbocycles. The number of likely N-dealkylation sites (tertiary alicyclic amines) is 1. The molecule has 1 heterocycles. The number of esters is 1. The van der Waals surface area contributed by atoms with Gasteiger partial charge in [-0.3, -0.25) is 9.59 Å². The van der Waals surface area contributed by atoms with Crippen molar-refractivity contribution in [1.82, 2.24) is 4.90 Å². The van der Waals surface area contributed by atoms with Gasteiger partial charge in [0.1, 0.15) is 0 Å². The number of rotatable bonds is 6. The summed E-state index contributed by atoms with van der Waals surface area (Å²) in [6.07, 6.45) is 3.26. The Bertz CT molecular complexity index is 874. The Kier molecular flexibility index (Phi) is 6.84. The van der Waals surface area contributed by atoms with E-state index in [4.69, 9.17) is 0 Å². The second-order valence-corrected chi connectivity index (χ2v) is 6.90. The minimum absolute atomic E-state index is 0.0310. The van der Waals surface area contributed by atoms with Crippen LogP contribution in [0.5, 0.6) is 0 Å². The van der Waals surface area contributed by atoms with Crippen LogP contribution >= 0.6 is 0 Å². The molecular weight excluding hydrogens is 370 g/mol. The minimum Gasteiger partial charge on any atom is -0.465 e. The van der Waals surface area contributed by atoms with Crippen molar-refractivity contribution in [3.05, 3.63) is 59.7 Å². The summed E-state index contributed by atoms with van der Waals surface area (Å²) in [4.78, 5) is 38.1. The Morgan fingerprint density at radius 1 is 0.931 bits per heavy atom. The molecule has 3 rings (SSSR count). The van der Waals surface area contributed by atoms with Crippen LogP contribution in [0, 0.1) is 0 Å². The predicted octanol–water partition coefficient (Wildman–Crippen LogP) is 3.15. The van der Waals surface area contributed by atoms with E-state index in [0.29, 0.717) is 22.5 Å². The van der Waals surface area contributed by atoms with E-state index in [-0.39, 0.29) is 18.4 Å². The number of amides is 2. The van der Waals surface area contributed by atoms with E-state index in [1.54, 1.807) is 36.4 Å². The van der Waals surface area contributed by atoms with Gasteiger partial charge in [0, 0.05) is 30.0 Å². The third kappa shape index (κ3) is 5.57. The van der Waals surface area contributed by atoms with Gasteiger partial charge in [0.2, 0.25) is 5.91 Å². The molecule has 0 bridgehead atoms. The summed E-state index contributed by atoms with van der Waals surface area (Å²) in [7, 11) is 1.32. The van der Waals surface area contributed by atoms with E-state index >= 15 is 0 Å². The average molecular weight is 395 g/mol. The van der Waals surface area contributed by atoms with Crippen LogP contribution in [0.2, 0.25) is 0 Å². The molecule has 2 aromatic carbocycles. The van der Waals surface area contributed by atoms with Gasteiger partial charge >= 0.3 is 5.97 Å². The molecule has 2 N–H and O–H groups in total. The van der Waals surface area contributed by atoms with E-state index in [2.05, 4.69) is 15.4 Å². The van der Waals surface area contributed by atoms with Crippen LogP contribution in [0.1, 0.15) is 40.0 Å². The van der Waals surface area contributed by atoms with Crippen LogP contribution in [0.15, 0.2) is 48.5 Å². The van der Waals surface area contributed by atoms with Gasteiger partial charge in [-0.25, -0.2) is 4.79 Å². The van der Waals surface area contributed by atoms with Gasteiger partial charge < -0.3 is 20.3 Å². The van der Waals surface area contributed by atoms with Crippen LogP contribution in [-0.4, -0.2) is 49.4 Å². The second-order valence-electron chi connectivity index (χ2n) is 6.90. The van der Waals surface area contributed by atoms with Gasteiger partial charge in [0.25, 0.3) is 5.91 Å². The first kappa shape index (κ1) is 20.4. The average Bonchev–Trinajstić information content (AvgIpc) is 2.78. The number of benzene rings is 2. The fraction of sp³-hybridized carbons (Fsp3) is 0.318. The van der Waals surface area contributed by atoms with Crippen molar-refractivity contribution in [1.29, 1.82) is 0 Å². The summed E-state index contributed by atoms with van der Waals surface area (Å²) in [5.41, 5.74) is 2.33. The molecule has 0 unspecified atom stereocenters. The number of nitrogens with one attached hydrogen (secondary N) is 2. The van der Waals surface area contributed by atoms with Crippen molar-refractivity contribution in [3.8, 4) is 0 Å². The number of methoxy groups -OCH3 is 1. The van der Waals surface area contributed by atoms with Gasteiger partial charge in [0.05, 0.1) is 19.2 Å². The topological polar surface area (TPSA) is 87.7 Å². The molecule has 0 radical (unpaired) electrons. The summed E-state index contributed by atoms with van der Waals surface area (Å²) in [5.74, 6) is -0.629. The van der Waals surface area contributed by atoms with Crippen LogP contribution < -0.4 is 10.6 Å². The van der Waals surface area contributed by atoms with Crippen LogP contribution in [0.25, 0.3) is 0 Å². The molecule has 29 heavy (non-hydrogen) atoms. The molecule has 7 nitrogen and oxygen atoms in total. The van der Waals surface area contributed by atoms with E-state index in [0.717, 1.165) is 25.9 Å². The highest BCUT2D eigenvalue weighted by molar-refractivity contribution is 5.96. The molecular formula is C22H25N3O4. The zero-order valence-corrected chi connectivity index (χ0v) is 16.4. The highest BCUT2D eigenvalue weighted by Gasteiger charge is 2.18. The van der Waals surface area contributed by atoms with Gasteiger partial charge in [-0.2, -0.15) is 0 Å². The van der Waals surface area contributed by atoms with Crippen LogP contribution in [0.3, 0.4) is 0 Å². The lowest BCUT2D eigenvalue weighted by Crippen LogP contribution is -2.35. The summed E-state index contributed by atoms with van der Waals surface area (Å²) >= 11 is 0. The fourth-order valence-electron chi connectivity index (χ4n) is 3.24. The number of nitrogens with zero attached hydrogens (tertiary/aromatic N) is 1. The highest BCUT2D eigenvalue weighted by Crippen LogP contribution is 2.16. The van der Waals surface area contributed by atoms with Crippen molar-refractivity contribution in [2.45, 2.75) is 19.3 Å². The Morgan fingerprint density at radius 3 is 2.34 bits per heavy atom. The fourth-order valence-corrected chi connectivity index (χ4v) is 3.24. The molecule has 1 fully saturated rings. The molecule has 1 aliphatic heterocycles. The Balaban J connectivity index is 1.53. The first-order valence-corrected chi connectivity index (χ1v) is 9.68. The van der Waals surface area contributed by atoms with Crippen LogP contribution in [0.4, 0.5) is 11.4 Å². The lowest BCUT2D eigenvalue weighted by atomic mass is 10.1. The van der Waals surface area contributed by atoms with Gasteiger partial charge in [-0.1, -0.05) is 6.07 Å². The molecule has 0 saturated carbocycles. The summed E-state index contributed by atoms with van der Waals surface area (Å²) in [6, 6.07) is 13.7. The molecule has 1 aliphatic rings. The number of hydrogen-bond acceptors (Lipinski definition) is 5. The first-order valence-electron chi connectivity index (χ1n) is 9.68. The largest absolute Gasteiger partial charge is 0.465 e. The Morgan fingerprint density at radius 2 is 1.66 bits per heavy atom. The maximum atomic E-state index is 12.6. The van der Waals surface area contributed by atoms with Crippen LogP contribution in [-0.2, 0) is 9.53 Å². The molecule has 7 heteroatoms. The predicted molar refractivity (Wildman–Crippen MR) is 111 cm³/mol. The van der Waals surface area contributed by atoms with Gasteiger partial charge in [-0.05, 0) is 61.7 Å². The lowest BCUT2D eigenvalue weighted by Gasteiger charge is -2.26. The smallest absolute Gasteiger partial charge is 0.337 e. The molecule has 1 saturated heterocycles. The second kappa shape index (κ2) is 9.73. The van der Waals surface area contributed by atoms with E-state index in [1.165, 1.54) is 13.5 Å². The quantitative estimate of drug-likeness (QED) is 0.734. The van der Waals surface area contributed by atoms with Gasteiger partial charge in [0.15, 0.2) is 0 Å². The number of piperidine rings is 1. The number of ether oxygens (including phenoxy) is 1. The van der Waals surface area contributed by atoms with Crippen molar-refractivity contribution < 1.29 is 19.1 Å². The maximum Gasteiger partial charge on any atom is 0.337 e. The van der Waals surface area contributed by atoms with Gasteiger partial charge in [-0.15, -0.1) is 0 Å². The highest BCUT2D eigenvalue weighted by atomic mass is 16.5. The molecule has 152 valence electrons. The number of carbonyl (C=O) groups is 3. The normalized spacial score (nSPS) is 13.5.